The van der Waals surface area contributed by atoms with Gasteiger partial charge < -0.3 is 0 Å². The van der Waals surface area contributed by atoms with Gasteiger partial charge in [0.2, 0.25) is 0 Å². The summed E-state index contributed by atoms with van der Waals surface area (Å²) < 4.78 is 0. The van der Waals surface area contributed by atoms with E-state index in [4.69, 9.17) is 23.2 Å². The van der Waals surface area contributed by atoms with Gasteiger partial charge in [0.1, 0.15) is 5.78 Å². The number of halogens is 2. The predicted octanol–water partition coefficient (Wildman–Crippen LogP) is 1.87. The molecule has 0 aliphatic heterocycles. The van der Waals surface area contributed by atoms with Gasteiger partial charge in [-0.3, -0.25) is 4.79 Å². The summed E-state index contributed by atoms with van der Waals surface area (Å²) in [4.78, 5) is 13.1. The third-order valence-corrected chi connectivity index (χ3v) is 2.89. The van der Waals surface area contributed by atoms with E-state index in [1.807, 2.05) is 0 Å². The number of carbonyl (C=O) groups is 1. The van der Waals surface area contributed by atoms with Crippen molar-refractivity contribution in [1.82, 2.24) is 20.2 Å². The molecule has 1 aromatic heterocycles. The van der Waals surface area contributed by atoms with Gasteiger partial charge in [0, 0.05) is 16.5 Å². The zero-order chi connectivity index (χ0) is 13.1. The highest BCUT2D eigenvalue weighted by Gasteiger charge is 2.11. The number of hydrogen-bond donors (Lipinski definition) is 0. The Hall–Kier alpha value is -1.46. The lowest BCUT2D eigenvalue weighted by Crippen LogP contribution is -2.08. The Labute approximate surface area is 114 Å². The number of rotatable bonds is 4. The maximum atomic E-state index is 11.8. The topological polar surface area (TPSA) is 60.7 Å². The van der Waals surface area contributed by atoms with Crippen LogP contribution in [0.4, 0.5) is 0 Å². The second-order valence-electron chi connectivity index (χ2n) is 3.82. The fourth-order valence-corrected chi connectivity index (χ4v) is 1.99. The molecule has 0 aliphatic carbocycles. The van der Waals surface area contributed by atoms with E-state index in [2.05, 4.69) is 15.4 Å². The molecule has 2 rings (SSSR count). The SMILES string of the molecule is Cn1nnc(CC(=O)Cc2ccc(Cl)cc2Cl)n1. The maximum Gasteiger partial charge on any atom is 0.182 e. The standard InChI is InChI=1S/C11H10Cl2N4O/c1-17-15-11(14-16-17)6-9(18)4-7-2-3-8(12)5-10(7)13/h2-3,5H,4,6H2,1H3. The molecular formula is C11H10Cl2N4O. The molecule has 0 saturated heterocycles. The van der Waals surface area contributed by atoms with Crippen LogP contribution in [0.1, 0.15) is 11.4 Å². The van der Waals surface area contributed by atoms with E-state index in [1.54, 1.807) is 25.2 Å². The first-order valence-electron chi connectivity index (χ1n) is 5.23. The predicted molar refractivity (Wildman–Crippen MR) is 67.7 cm³/mol. The lowest BCUT2D eigenvalue weighted by molar-refractivity contribution is -0.117. The van der Waals surface area contributed by atoms with Crippen LogP contribution in [0.25, 0.3) is 0 Å². The second-order valence-corrected chi connectivity index (χ2v) is 4.67. The fraction of sp³-hybridized carbons (Fsp3) is 0.273. The third kappa shape index (κ3) is 3.27. The van der Waals surface area contributed by atoms with Crippen molar-refractivity contribution in [1.29, 1.82) is 0 Å². The Bertz CT molecular complexity index is 582. The van der Waals surface area contributed by atoms with Crippen molar-refractivity contribution >= 4 is 29.0 Å². The lowest BCUT2D eigenvalue weighted by Gasteiger charge is -2.02. The van der Waals surface area contributed by atoms with Crippen molar-refractivity contribution in [3.8, 4) is 0 Å². The minimum absolute atomic E-state index is 0.0211. The molecule has 0 unspecified atom stereocenters. The maximum absolute atomic E-state index is 11.8. The van der Waals surface area contributed by atoms with Crippen molar-refractivity contribution in [3.05, 3.63) is 39.6 Å². The Balaban J connectivity index is 2.03. The first-order chi connectivity index (χ1) is 8.54. The summed E-state index contributed by atoms with van der Waals surface area (Å²) in [5, 5.41) is 12.4. The van der Waals surface area contributed by atoms with Crippen molar-refractivity contribution < 1.29 is 4.79 Å². The molecule has 2 aromatic rings. The van der Waals surface area contributed by atoms with E-state index >= 15 is 0 Å². The van der Waals surface area contributed by atoms with Gasteiger partial charge in [0.25, 0.3) is 0 Å². The minimum Gasteiger partial charge on any atom is -0.299 e. The van der Waals surface area contributed by atoms with E-state index in [0.717, 1.165) is 5.56 Å². The van der Waals surface area contributed by atoms with Crippen molar-refractivity contribution in [2.24, 2.45) is 7.05 Å². The molecule has 0 aliphatic rings. The van der Waals surface area contributed by atoms with E-state index in [-0.39, 0.29) is 18.6 Å². The highest BCUT2D eigenvalue weighted by Crippen LogP contribution is 2.21. The van der Waals surface area contributed by atoms with E-state index in [0.29, 0.717) is 15.9 Å². The summed E-state index contributed by atoms with van der Waals surface area (Å²) in [5.74, 6) is 0.389. The highest BCUT2D eigenvalue weighted by molar-refractivity contribution is 6.35. The molecule has 0 spiro atoms. The number of tetrazole rings is 1. The van der Waals surface area contributed by atoms with Gasteiger partial charge in [0.15, 0.2) is 5.82 Å². The minimum atomic E-state index is -0.0211. The van der Waals surface area contributed by atoms with Gasteiger partial charge in [-0.2, -0.15) is 4.80 Å². The van der Waals surface area contributed by atoms with Gasteiger partial charge in [-0.25, -0.2) is 0 Å². The van der Waals surface area contributed by atoms with E-state index in [1.165, 1.54) is 4.80 Å². The summed E-state index contributed by atoms with van der Waals surface area (Å²) in [6, 6.07) is 5.07. The van der Waals surface area contributed by atoms with E-state index < -0.39 is 0 Å². The molecule has 0 N–H and O–H groups in total. The zero-order valence-electron chi connectivity index (χ0n) is 9.60. The van der Waals surface area contributed by atoms with Gasteiger partial charge in [-0.15, -0.1) is 10.2 Å². The molecule has 5 nitrogen and oxygen atoms in total. The molecular weight excluding hydrogens is 275 g/mol. The lowest BCUT2D eigenvalue weighted by atomic mass is 10.1. The number of aromatic nitrogens is 4. The molecule has 0 amide bonds. The Morgan fingerprint density at radius 1 is 1.33 bits per heavy atom. The molecule has 1 aromatic carbocycles. The molecule has 7 heteroatoms. The van der Waals surface area contributed by atoms with Crippen LogP contribution in [0.15, 0.2) is 18.2 Å². The summed E-state index contributed by atoms with van der Waals surface area (Å²) in [6.07, 6.45) is 0.376. The number of benzene rings is 1. The summed E-state index contributed by atoms with van der Waals surface area (Å²) in [5.41, 5.74) is 0.745. The summed E-state index contributed by atoms with van der Waals surface area (Å²) >= 11 is 11.8. The normalized spacial score (nSPS) is 10.6. The number of hydrogen-bond acceptors (Lipinski definition) is 4. The molecule has 0 atom stereocenters. The first kappa shape index (κ1) is 13.0. The smallest absolute Gasteiger partial charge is 0.182 e. The Morgan fingerprint density at radius 2 is 2.11 bits per heavy atom. The van der Waals surface area contributed by atoms with Crippen LogP contribution in [0.2, 0.25) is 10.0 Å². The summed E-state index contributed by atoms with van der Waals surface area (Å²) in [7, 11) is 1.65. The van der Waals surface area contributed by atoms with Gasteiger partial charge in [-0.1, -0.05) is 29.3 Å². The van der Waals surface area contributed by atoms with Crippen LogP contribution in [-0.4, -0.2) is 26.0 Å². The van der Waals surface area contributed by atoms with Gasteiger partial charge in [-0.05, 0) is 22.9 Å². The van der Waals surface area contributed by atoms with Crippen molar-refractivity contribution in [2.75, 3.05) is 0 Å². The van der Waals surface area contributed by atoms with Crippen LogP contribution >= 0.6 is 23.2 Å². The molecule has 0 fully saturated rings. The first-order valence-corrected chi connectivity index (χ1v) is 5.98. The monoisotopic (exact) mass is 284 g/mol. The number of carbonyl (C=O) groups excluding carboxylic acids is 1. The average Bonchev–Trinajstić information content (AvgIpc) is 2.68. The average molecular weight is 285 g/mol. The molecule has 0 saturated carbocycles. The molecule has 94 valence electrons. The number of aryl methyl sites for hydroxylation is 1. The molecule has 18 heavy (non-hydrogen) atoms. The number of ketones is 1. The highest BCUT2D eigenvalue weighted by atomic mass is 35.5. The number of nitrogens with zero attached hydrogens (tertiary/aromatic N) is 4. The molecule has 1 heterocycles. The molecule has 0 bridgehead atoms. The quantitative estimate of drug-likeness (QED) is 0.860. The van der Waals surface area contributed by atoms with Gasteiger partial charge in [0.05, 0.1) is 13.5 Å². The van der Waals surface area contributed by atoms with Gasteiger partial charge >= 0.3 is 0 Å². The fourth-order valence-electron chi connectivity index (χ4n) is 1.51. The molecule has 0 radical (unpaired) electrons. The second kappa shape index (κ2) is 5.46. The summed E-state index contributed by atoms with van der Waals surface area (Å²) in [6.45, 7) is 0. The zero-order valence-corrected chi connectivity index (χ0v) is 11.1. The Morgan fingerprint density at radius 3 is 2.72 bits per heavy atom. The van der Waals surface area contributed by atoms with Crippen molar-refractivity contribution in [3.63, 3.8) is 0 Å². The van der Waals surface area contributed by atoms with Crippen LogP contribution in [0, 0.1) is 0 Å². The number of Topliss-reactive ketones (excluding diaryl/α,β-unsaturated/α-hetero) is 1. The van der Waals surface area contributed by atoms with Crippen molar-refractivity contribution in [2.45, 2.75) is 12.8 Å². The van der Waals surface area contributed by atoms with Crippen LogP contribution in [0.3, 0.4) is 0 Å². The van der Waals surface area contributed by atoms with Crippen LogP contribution < -0.4 is 0 Å². The Kier molecular flexibility index (Phi) is 3.93. The van der Waals surface area contributed by atoms with Crippen LogP contribution in [0.5, 0.6) is 0 Å². The largest absolute Gasteiger partial charge is 0.299 e. The van der Waals surface area contributed by atoms with E-state index in [9.17, 15) is 4.79 Å². The third-order valence-electron chi connectivity index (χ3n) is 2.31. The van der Waals surface area contributed by atoms with Crippen LogP contribution in [-0.2, 0) is 24.7 Å².